The predicted octanol–water partition coefficient (Wildman–Crippen LogP) is 2.97. The van der Waals surface area contributed by atoms with Gasteiger partial charge >= 0.3 is 0 Å². The third-order valence-corrected chi connectivity index (χ3v) is 3.42. The molecule has 0 bridgehead atoms. The van der Waals surface area contributed by atoms with Crippen molar-refractivity contribution in [3.63, 3.8) is 0 Å². The van der Waals surface area contributed by atoms with E-state index in [-0.39, 0.29) is 0 Å². The average Bonchev–Trinajstić information content (AvgIpc) is 2.47. The van der Waals surface area contributed by atoms with Gasteiger partial charge in [0.15, 0.2) is 0 Å². The van der Waals surface area contributed by atoms with Crippen LogP contribution in [0.4, 0.5) is 0 Å². The van der Waals surface area contributed by atoms with Crippen molar-refractivity contribution in [1.82, 2.24) is 9.97 Å². The van der Waals surface area contributed by atoms with Crippen molar-refractivity contribution in [3.05, 3.63) is 70.6 Å². The molecule has 5 heteroatoms. The number of halogens is 1. The van der Waals surface area contributed by atoms with Crippen LogP contribution in [0.1, 0.15) is 21.6 Å². The molecule has 0 atom stereocenters. The molecule has 3 rings (SSSR count). The lowest BCUT2D eigenvalue weighted by atomic mass is 10.1. The van der Waals surface area contributed by atoms with Gasteiger partial charge in [-0.05, 0) is 42.0 Å². The summed E-state index contributed by atoms with van der Waals surface area (Å²) in [7, 11) is 0. The normalized spacial score (nSPS) is 10.7. The average molecular weight is 298 g/mol. The Kier molecular flexibility index (Phi) is 3.54. The summed E-state index contributed by atoms with van der Waals surface area (Å²) >= 11 is 6.00. The number of nitrogens with zero attached hydrogens (tertiary/aromatic N) is 2. The number of hydrogen-bond donors (Lipinski definition) is 1. The zero-order valence-electron chi connectivity index (χ0n) is 11.1. The van der Waals surface area contributed by atoms with Crippen LogP contribution < -0.4 is 5.73 Å². The molecule has 0 saturated heterocycles. The molecule has 1 aromatic carbocycles. The number of pyridine rings is 2. The van der Waals surface area contributed by atoms with Gasteiger partial charge in [-0.2, -0.15) is 0 Å². The van der Waals surface area contributed by atoms with Gasteiger partial charge in [-0.25, -0.2) is 0 Å². The highest BCUT2D eigenvalue weighted by molar-refractivity contribution is 6.31. The smallest absolute Gasteiger partial charge is 0.248 e. The van der Waals surface area contributed by atoms with Crippen molar-refractivity contribution in [2.24, 2.45) is 5.73 Å². The first-order valence-corrected chi connectivity index (χ1v) is 6.78. The van der Waals surface area contributed by atoms with Crippen LogP contribution >= 0.6 is 11.6 Å². The molecule has 0 saturated carbocycles. The Hall–Kier alpha value is -2.46. The number of benzene rings is 1. The lowest BCUT2D eigenvalue weighted by Crippen LogP contribution is -2.11. The van der Waals surface area contributed by atoms with E-state index in [1.165, 1.54) is 0 Å². The van der Waals surface area contributed by atoms with E-state index in [0.29, 0.717) is 17.0 Å². The maximum Gasteiger partial charge on any atom is 0.248 e. The molecule has 4 nitrogen and oxygen atoms in total. The van der Waals surface area contributed by atoms with Gasteiger partial charge in [0.25, 0.3) is 0 Å². The van der Waals surface area contributed by atoms with Crippen LogP contribution in [0.5, 0.6) is 0 Å². The number of amides is 1. The SMILES string of the molecule is NC(=O)c1ccnc(Cc2cnc3ccc(Cl)cc3c2)c1. The van der Waals surface area contributed by atoms with E-state index in [1.54, 1.807) is 24.5 Å². The number of carbonyl (C=O) groups excluding carboxylic acids is 1. The second-order valence-corrected chi connectivity index (χ2v) is 5.19. The van der Waals surface area contributed by atoms with Crippen molar-refractivity contribution >= 4 is 28.4 Å². The molecule has 0 fully saturated rings. The molecule has 0 unspecified atom stereocenters. The maximum atomic E-state index is 11.2. The molecular formula is C16H12ClN3O. The molecule has 104 valence electrons. The van der Waals surface area contributed by atoms with E-state index >= 15 is 0 Å². The molecule has 0 radical (unpaired) electrons. The van der Waals surface area contributed by atoms with Crippen LogP contribution in [0.15, 0.2) is 48.8 Å². The highest BCUT2D eigenvalue weighted by Crippen LogP contribution is 2.19. The van der Waals surface area contributed by atoms with Gasteiger partial charge in [0, 0.05) is 40.5 Å². The molecule has 0 aliphatic carbocycles. The summed E-state index contributed by atoms with van der Waals surface area (Å²) in [5.41, 5.74) is 8.39. The number of hydrogen-bond acceptors (Lipinski definition) is 3. The first-order valence-electron chi connectivity index (χ1n) is 6.41. The van der Waals surface area contributed by atoms with Crippen molar-refractivity contribution in [1.29, 1.82) is 0 Å². The molecule has 2 N–H and O–H groups in total. The van der Waals surface area contributed by atoms with Crippen molar-refractivity contribution in [3.8, 4) is 0 Å². The molecular weight excluding hydrogens is 286 g/mol. The number of nitrogens with two attached hydrogens (primary N) is 1. The largest absolute Gasteiger partial charge is 0.366 e. The zero-order valence-corrected chi connectivity index (χ0v) is 11.8. The number of rotatable bonds is 3. The lowest BCUT2D eigenvalue weighted by Gasteiger charge is -2.04. The Morgan fingerprint density at radius 1 is 1.14 bits per heavy atom. The van der Waals surface area contributed by atoms with Crippen molar-refractivity contribution in [2.45, 2.75) is 6.42 Å². The quantitative estimate of drug-likeness (QED) is 0.808. The lowest BCUT2D eigenvalue weighted by molar-refractivity contribution is 0.1000. The zero-order chi connectivity index (χ0) is 14.8. The summed E-state index contributed by atoms with van der Waals surface area (Å²) in [6.07, 6.45) is 3.96. The number of primary amides is 1. The highest BCUT2D eigenvalue weighted by Gasteiger charge is 2.05. The minimum Gasteiger partial charge on any atom is -0.366 e. The van der Waals surface area contributed by atoms with Crippen LogP contribution in [0, 0.1) is 0 Å². The number of aromatic nitrogens is 2. The molecule has 21 heavy (non-hydrogen) atoms. The van der Waals surface area contributed by atoms with E-state index in [2.05, 4.69) is 9.97 Å². The van der Waals surface area contributed by atoms with E-state index in [1.807, 2.05) is 24.3 Å². The Labute approximate surface area is 126 Å². The summed E-state index contributed by atoms with van der Waals surface area (Å²) in [6, 6.07) is 10.9. The van der Waals surface area contributed by atoms with Crippen molar-refractivity contribution < 1.29 is 4.79 Å². The summed E-state index contributed by atoms with van der Waals surface area (Å²) in [5.74, 6) is -0.456. The third-order valence-electron chi connectivity index (χ3n) is 3.19. The van der Waals surface area contributed by atoms with E-state index in [9.17, 15) is 4.79 Å². The number of carbonyl (C=O) groups is 1. The number of fused-ring (bicyclic) bond motifs is 1. The molecule has 2 heterocycles. The standard InChI is InChI=1S/C16H12ClN3O/c17-13-1-2-15-12(7-13)5-10(9-20-15)6-14-8-11(16(18)21)3-4-19-14/h1-5,7-9H,6H2,(H2,18,21). The first kappa shape index (κ1) is 13.5. The highest BCUT2D eigenvalue weighted by atomic mass is 35.5. The van der Waals surface area contributed by atoms with Gasteiger partial charge < -0.3 is 5.73 Å². The molecule has 0 spiro atoms. The fourth-order valence-corrected chi connectivity index (χ4v) is 2.36. The van der Waals surface area contributed by atoms with Gasteiger partial charge in [-0.1, -0.05) is 11.6 Å². The monoisotopic (exact) mass is 297 g/mol. The Bertz CT molecular complexity index is 833. The van der Waals surface area contributed by atoms with Gasteiger partial charge in [-0.3, -0.25) is 14.8 Å². The van der Waals surface area contributed by atoms with E-state index < -0.39 is 5.91 Å². The third kappa shape index (κ3) is 3.01. The van der Waals surface area contributed by atoms with Gasteiger partial charge in [0.2, 0.25) is 5.91 Å². The van der Waals surface area contributed by atoms with Crippen LogP contribution in [-0.2, 0) is 6.42 Å². The Morgan fingerprint density at radius 3 is 2.81 bits per heavy atom. The molecule has 1 amide bonds. The fraction of sp³-hybridized carbons (Fsp3) is 0.0625. The summed E-state index contributed by atoms with van der Waals surface area (Å²) < 4.78 is 0. The second-order valence-electron chi connectivity index (χ2n) is 4.76. The summed E-state index contributed by atoms with van der Waals surface area (Å²) in [5, 5.41) is 1.65. The van der Waals surface area contributed by atoms with Crippen LogP contribution in [-0.4, -0.2) is 15.9 Å². The Morgan fingerprint density at radius 2 is 2.00 bits per heavy atom. The molecule has 0 aliphatic heterocycles. The fourth-order valence-electron chi connectivity index (χ4n) is 2.18. The van der Waals surface area contributed by atoms with Gasteiger partial charge in [-0.15, -0.1) is 0 Å². The van der Waals surface area contributed by atoms with Gasteiger partial charge in [0.1, 0.15) is 0 Å². The topological polar surface area (TPSA) is 68.9 Å². The van der Waals surface area contributed by atoms with Gasteiger partial charge in [0.05, 0.1) is 5.52 Å². The molecule has 0 aliphatic rings. The molecule has 3 aromatic rings. The minimum absolute atomic E-state index is 0.455. The van der Waals surface area contributed by atoms with Crippen LogP contribution in [0.3, 0.4) is 0 Å². The van der Waals surface area contributed by atoms with E-state index in [0.717, 1.165) is 22.2 Å². The molecule has 2 aromatic heterocycles. The minimum atomic E-state index is -0.456. The van der Waals surface area contributed by atoms with Crippen LogP contribution in [0.2, 0.25) is 5.02 Å². The predicted molar refractivity (Wildman–Crippen MR) is 82.3 cm³/mol. The van der Waals surface area contributed by atoms with E-state index in [4.69, 9.17) is 17.3 Å². The maximum absolute atomic E-state index is 11.2. The first-order chi connectivity index (χ1) is 10.1. The summed E-state index contributed by atoms with van der Waals surface area (Å²) in [6.45, 7) is 0. The summed E-state index contributed by atoms with van der Waals surface area (Å²) in [4.78, 5) is 19.8. The van der Waals surface area contributed by atoms with Crippen molar-refractivity contribution in [2.75, 3.05) is 0 Å². The second kappa shape index (κ2) is 5.50. The van der Waals surface area contributed by atoms with Crippen LogP contribution in [0.25, 0.3) is 10.9 Å². The Balaban J connectivity index is 1.94.